The SMILES string of the molecule is CCC[C@@H](CCC(=O)OCC)c1ccc(Br)cc1. The number of carbonyl (C=O) groups is 1. The molecule has 0 saturated carbocycles. The van der Waals surface area contributed by atoms with E-state index in [1.165, 1.54) is 5.56 Å². The van der Waals surface area contributed by atoms with Gasteiger partial charge in [0.1, 0.15) is 0 Å². The van der Waals surface area contributed by atoms with Gasteiger partial charge in [0.15, 0.2) is 0 Å². The van der Waals surface area contributed by atoms with Crippen LogP contribution in [0.1, 0.15) is 51.0 Å². The highest BCUT2D eigenvalue weighted by Crippen LogP contribution is 2.27. The van der Waals surface area contributed by atoms with Gasteiger partial charge in [-0.15, -0.1) is 0 Å². The zero-order valence-electron chi connectivity index (χ0n) is 11.1. The molecule has 1 atom stereocenters. The number of carbonyl (C=O) groups excluding carboxylic acids is 1. The van der Waals surface area contributed by atoms with Crippen LogP contribution in [-0.2, 0) is 9.53 Å². The highest BCUT2D eigenvalue weighted by atomic mass is 79.9. The minimum atomic E-state index is -0.0873. The van der Waals surface area contributed by atoms with Gasteiger partial charge in [-0.05, 0) is 43.4 Å². The molecule has 0 bridgehead atoms. The van der Waals surface area contributed by atoms with E-state index in [0.29, 0.717) is 18.9 Å². The molecule has 100 valence electrons. The third-order valence-corrected chi connectivity index (χ3v) is 3.51. The zero-order valence-corrected chi connectivity index (χ0v) is 12.7. The van der Waals surface area contributed by atoms with E-state index in [4.69, 9.17) is 4.74 Å². The Morgan fingerprint density at radius 3 is 2.44 bits per heavy atom. The minimum absolute atomic E-state index is 0.0873. The standard InChI is InChI=1S/C15H21BrO2/c1-3-5-12(8-11-15(17)18-4-2)13-6-9-14(16)10-7-13/h6-7,9-10,12H,3-5,8,11H2,1-2H3/t12-/m0/s1. The van der Waals surface area contributed by atoms with Crippen molar-refractivity contribution in [1.82, 2.24) is 0 Å². The maximum Gasteiger partial charge on any atom is 0.305 e. The first-order valence-corrected chi connectivity index (χ1v) is 7.37. The first-order chi connectivity index (χ1) is 8.67. The number of rotatable bonds is 7. The molecule has 3 heteroatoms. The lowest BCUT2D eigenvalue weighted by Crippen LogP contribution is -2.07. The molecule has 0 radical (unpaired) electrons. The third kappa shape index (κ3) is 5.21. The summed E-state index contributed by atoms with van der Waals surface area (Å²) in [5, 5.41) is 0. The minimum Gasteiger partial charge on any atom is -0.466 e. The van der Waals surface area contributed by atoms with Gasteiger partial charge in [-0.3, -0.25) is 4.79 Å². The van der Waals surface area contributed by atoms with Gasteiger partial charge in [-0.2, -0.15) is 0 Å². The Balaban J connectivity index is 2.59. The van der Waals surface area contributed by atoms with Crippen molar-refractivity contribution in [2.24, 2.45) is 0 Å². The Labute approximate surface area is 118 Å². The summed E-state index contributed by atoms with van der Waals surface area (Å²) in [7, 11) is 0. The molecule has 0 unspecified atom stereocenters. The van der Waals surface area contributed by atoms with Crippen LogP contribution < -0.4 is 0 Å². The fraction of sp³-hybridized carbons (Fsp3) is 0.533. The van der Waals surface area contributed by atoms with Crippen molar-refractivity contribution in [2.45, 2.75) is 45.4 Å². The first-order valence-electron chi connectivity index (χ1n) is 6.58. The predicted octanol–water partition coefficient (Wildman–Crippen LogP) is 4.68. The maximum absolute atomic E-state index is 11.4. The van der Waals surface area contributed by atoms with Crippen LogP contribution in [0.25, 0.3) is 0 Å². The normalized spacial score (nSPS) is 12.2. The number of halogens is 1. The fourth-order valence-corrected chi connectivity index (χ4v) is 2.35. The first kappa shape index (κ1) is 15.2. The van der Waals surface area contributed by atoms with Crippen LogP contribution in [0.5, 0.6) is 0 Å². The summed E-state index contributed by atoms with van der Waals surface area (Å²) in [6.07, 6.45) is 3.62. The Bertz CT molecular complexity index is 359. The van der Waals surface area contributed by atoms with Gasteiger partial charge >= 0.3 is 5.97 Å². The topological polar surface area (TPSA) is 26.3 Å². The van der Waals surface area contributed by atoms with Gasteiger partial charge in [-0.25, -0.2) is 0 Å². The lowest BCUT2D eigenvalue weighted by molar-refractivity contribution is -0.143. The highest BCUT2D eigenvalue weighted by Gasteiger charge is 2.13. The lowest BCUT2D eigenvalue weighted by Gasteiger charge is -2.16. The van der Waals surface area contributed by atoms with Crippen molar-refractivity contribution in [2.75, 3.05) is 6.61 Å². The molecular formula is C15H21BrO2. The van der Waals surface area contributed by atoms with Gasteiger partial charge in [0.2, 0.25) is 0 Å². The number of hydrogen-bond donors (Lipinski definition) is 0. The maximum atomic E-state index is 11.4. The Hall–Kier alpha value is -0.830. The summed E-state index contributed by atoms with van der Waals surface area (Å²) in [6, 6.07) is 8.38. The van der Waals surface area contributed by atoms with Crippen molar-refractivity contribution in [3.8, 4) is 0 Å². The summed E-state index contributed by atoms with van der Waals surface area (Å²) in [5.41, 5.74) is 1.31. The number of esters is 1. The summed E-state index contributed by atoms with van der Waals surface area (Å²) in [6.45, 7) is 4.49. The molecule has 1 aromatic rings. The lowest BCUT2D eigenvalue weighted by atomic mass is 9.90. The highest BCUT2D eigenvalue weighted by molar-refractivity contribution is 9.10. The Morgan fingerprint density at radius 2 is 1.89 bits per heavy atom. The van der Waals surface area contributed by atoms with Crippen LogP contribution in [0.4, 0.5) is 0 Å². The summed E-state index contributed by atoms with van der Waals surface area (Å²) in [4.78, 5) is 11.4. The van der Waals surface area contributed by atoms with E-state index < -0.39 is 0 Å². The van der Waals surface area contributed by atoms with E-state index in [1.807, 2.05) is 6.92 Å². The number of hydrogen-bond acceptors (Lipinski definition) is 2. The molecule has 18 heavy (non-hydrogen) atoms. The van der Waals surface area contributed by atoms with Crippen LogP contribution in [-0.4, -0.2) is 12.6 Å². The molecule has 0 N–H and O–H groups in total. The molecule has 0 aliphatic rings. The quantitative estimate of drug-likeness (QED) is 0.683. The molecule has 0 heterocycles. The van der Waals surface area contributed by atoms with E-state index in [9.17, 15) is 4.79 Å². The molecule has 0 spiro atoms. The molecular weight excluding hydrogens is 292 g/mol. The Morgan fingerprint density at radius 1 is 1.22 bits per heavy atom. The molecule has 0 aliphatic heterocycles. The van der Waals surface area contributed by atoms with Crippen molar-refractivity contribution in [3.63, 3.8) is 0 Å². The average Bonchev–Trinajstić information content (AvgIpc) is 2.36. The zero-order chi connectivity index (χ0) is 13.4. The van der Waals surface area contributed by atoms with Crippen molar-refractivity contribution >= 4 is 21.9 Å². The van der Waals surface area contributed by atoms with Crippen LogP contribution >= 0.6 is 15.9 Å². The number of ether oxygens (including phenoxy) is 1. The molecule has 0 saturated heterocycles. The predicted molar refractivity (Wildman–Crippen MR) is 77.7 cm³/mol. The van der Waals surface area contributed by atoms with Gasteiger partial charge < -0.3 is 4.74 Å². The van der Waals surface area contributed by atoms with Gasteiger partial charge in [0, 0.05) is 10.9 Å². The second-order valence-electron chi connectivity index (χ2n) is 4.38. The second-order valence-corrected chi connectivity index (χ2v) is 5.30. The van der Waals surface area contributed by atoms with Crippen LogP contribution in [0.3, 0.4) is 0 Å². The Kier molecular flexibility index (Phi) is 7.02. The smallest absolute Gasteiger partial charge is 0.305 e. The van der Waals surface area contributed by atoms with Crippen molar-refractivity contribution < 1.29 is 9.53 Å². The van der Waals surface area contributed by atoms with Crippen molar-refractivity contribution in [3.05, 3.63) is 34.3 Å². The molecule has 1 aromatic carbocycles. The van der Waals surface area contributed by atoms with E-state index >= 15 is 0 Å². The van der Waals surface area contributed by atoms with E-state index in [0.717, 1.165) is 23.7 Å². The second kappa shape index (κ2) is 8.30. The molecule has 0 aliphatic carbocycles. The van der Waals surface area contributed by atoms with Crippen LogP contribution in [0, 0.1) is 0 Å². The van der Waals surface area contributed by atoms with E-state index in [-0.39, 0.29) is 5.97 Å². The summed E-state index contributed by atoms with van der Waals surface area (Å²) in [5.74, 6) is 0.364. The van der Waals surface area contributed by atoms with Crippen LogP contribution in [0.15, 0.2) is 28.7 Å². The molecule has 1 rings (SSSR count). The van der Waals surface area contributed by atoms with E-state index in [1.54, 1.807) is 0 Å². The third-order valence-electron chi connectivity index (χ3n) is 2.98. The van der Waals surface area contributed by atoms with Crippen molar-refractivity contribution in [1.29, 1.82) is 0 Å². The fourth-order valence-electron chi connectivity index (χ4n) is 2.09. The van der Waals surface area contributed by atoms with Gasteiger partial charge in [0.25, 0.3) is 0 Å². The summed E-state index contributed by atoms with van der Waals surface area (Å²) < 4.78 is 6.07. The summed E-state index contributed by atoms with van der Waals surface area (Å²) >= 11 is 3.44. The average molecular weight is 313 g/mol. The van der Waals surface area contributed by atoms with E-state index in [2.05, 4.69) is 47.1 Å². The molecule has 0 fully saturated rings. The van der Waals surface area contributed by atoms with Gasteiger partial charge in [-0.1, -0.05) is 41.4 Å². The molecule has 0 aromatic heterocycles. The largest absolute Gasteiger partial charge is 0.466 e. The number of benzene rings is 1. The monoisotopic (exact) mass is 312 g/mol. The molecule has 2 nitrogen and oxygen atoms in total. The molecule has 0 amide bonds. The van der Waals surface area contributed by atoms with Gasteiger partial charge in [0.05, 0.1) is 6.61 Å². The van der Waals surface area contributed by atoms with Crippen LogP contribution in [0.2, 0.25) is 0 Å².